The fourth-order valence-electron chi connectivity index (χ4n) is 2.90. The molecule has 2 aromatic rings. The number of carbonyl (C=O) groups excluding carboxylic acids is 1. The van der Waals surface area contributed by atoms with Gasteiger partial charge in [-0.15, -0.1) is 0 Å². The highest BCUT2D eigenvalue weighted by Gasteiger charge is 2.26. The summed E-state index contributed by atoms with van der Waals surface area (Å²) in [5.74, 6) is -0.603. The zero-order valence-corrected chi connectivity index (χ0v) is 17.4. The maximum Gasteiger partial charge on any atom is 0.284 e. The summed E-state index contributed by atoms with van der Waals surface area (Å²) in [6, 6.07) is 8.77. The average Bonchev–Trinajstić information content (AvgIpc) is 2.73. The summed E-state index contributed by atoms with van der Waals surface area (Å²) >= 11 is 0. The van der Waals surface area contributed by atoms with Crippen molar-refractivity contribution in [2.24, 2.45) is 0 Å². The normalized spacial score (nSPS) is 16.4. The number of hydrogen-bond acceptors (Lipinski definition) is 9. The predicted octanol–water partition coefficient (Wildman–Crippen LogP) is 1.59. The first-order chi connectivity index (χ1) is 14.8. The van der Waals surface area contributed by atoms with E-state index in [2.05, 4.69) is 21.5 Å². The number of aromatic nitrogens is 2. The number of nitrogens with two attached hydrogens (primary N) is 1. The average molecular weight is 427 g/mol. The van der Waals surface area contributed by atoms with Gasteiger partial charge in [-0.3, -0.25) is 9.63 Å². The van der Waals surface area contributed by atoms with Crippen LogP contribution in [0, 0.1) is 11.3 Å². The first kappa shape index (κ1) is 22.4. The highest BCUT2D eigenvalue weighted by atomic mass is 16.7. The van der Waals surface area contributed by atoms with Gasteiger partial charge in [-0.2, -0.15) is 10.2 Å². The number of hydrogen-bond donors (Lipinski definition) is 3. The highest BCUT2D eigenvalue weighted by molar-refractivity contribution is 6.00. The molecule has 10 nitrogen and oxygen atoms in total. The zero-order valence-electron chi connectivity index (χ0n) is 17.4. The van der Waals surface area contributed by atoms with Gasteiger partial charge in [0.15, 0.2) is 5.82 Å². The third-order valence-corrected chi connectivity index (χ3v) is 4.37. The number of nitriles is 1. The van der Waals surface area contributed by atoms with E-state index in [-0.39, 0.29) is 35.8 Å². The highest BCUT2D eigenvalue weighted by Crippen LogP contribution is 2.28. The largest absolute Gasteiger partial charge is 0.471 e. The number of nitrogen functional groups attached to an aromatic ring is 1. The third-order valence-electron chi connectivity index (χ3n) is 4.37. The van der Waals surface area contributed by atoms with E-state index in [0.29, 0.717) is 24.3 Å². The van der Waals surface area contributed by atoms with Crippen LogP contribution in [0.25, 0.3) is 11.4 Å². The fraction of sp³-hybridized carbons (Fsp3) is 0.429. The molecule has 1 aromatic carbocycles. The molecule has 1 atom stereocenters. The van der Waals surface area contributed by atoms with Gasteiger partial charge in [0.25, 0.3) is 5.91 Å². The van der Waals surface area contributed by atoms with Crippen molar-refractivity contribution >= 4 is 11.7 Å². The minimum Gasteiger partial charge on any atom is -0.471 e. The molecule has 10 heteroatoms. The fourth-order valence-corrected chi connectivity index (χ4v) is 2.90. The van der Waals surface area contributed by atoms with E-state index in [4.69, 9.17) is 25.3 Å². The summed E-state index contributed by atoms with van der Waals surface area (Å²) in [6.45, 7) is 3.96. The molecular weight excluding hydrogens is 402 g/mol. The van der Waals surface area contributed by atoms with E-state index < -0.39 is 11.5 Å². The molecule has 1 aromatic heterocycles. The number of nitrogens with one attached hydrogen (secondary N) is 1. The van der Waals surface area contributed by atoms with Crippen LogP contribution in [-0.4, -0.2) is 52.5 Å². The number of benzene rings is 1. The van der Waals surface area contributed by atoms with Gasteiger partial charge in [-0.1, -0.05) is 12.1 Å². The van der Waals surface area contributed by atoms with Crippen LogP contribution >= 0.6 is 0 Å². The zero-order chi connectivity index (χ0) is 22.4. The van der Waals surface area contributed by atoms with Crippen molar-refractivity contribution in [2.45, 2.75) is 38.4 Å². The Morgan fingerprint density at radius 1 is 1.45 bits per heavy atom. The standard InChI is InChI=1S/C21H25N5O5/c1-21(2,28)12-30-26-19(27)16-17(23)24-18(14-6-3-5-13(9-14)10-22)25-20(16)31-15-7-4-8-29-11-15/h3,5-6,9,15,28H,4,7-8,11-12H2,1-2H3,(H,26,27)(H2,23,24,25)/t15-/m0/s1. The van der Waals surface area contributed by atoms with Crippen LogP contribution < -0.4 is 16.0 Å². The van der Waals surface area contributed by atoms with E-state index in [0.717, 1.165) is 12.8 Å². The molecule has 2 heterocycles. The quantitative estimate of drug-likeness (QED) is 0.559. The predicted molar refractivity (Wildman–Crippen MR) is 111 cm³/mol. The molecule has 4 N–H and O–H groups in total. The number of nitrogens with zero attached hydrogens (tertiary/aromatic N) is 3. The molecule has 0 unspecified atom stereocenters. The van der Waals surface area contributed by atoms with Crippen molar-refractivity contribution in [1.82, 2.24) is 15.4 Å². The van der Waals surface area contributed by atoms with Gasteiger partial charge >= 0.3 is 0 Å². The van der Waals surface area contributed by atoms with Crippen LogP contribution in [0.4, 0.5) is 5.82 Å². The van der Waals surface area contributed by atoms with E-state index in [1.807, 2.05) is 0 Å². The minimum atomic E-state index is -1.14. The second-order valence-electron chi connectivity index (χ2n) is 7.79. The van der Waals surface area contributed by atoms with Gasteiger partial charge < -0.3 is 20.3 Å². The lowest BCUT2D eigenvalue weighted by atomic mass is 10.1. The molecule has 31 heavy (non-hydrogen) atoms. The first-order valence-corrected chi connectivity index (χ1v) is 9.84. The Labute approximate surface area is 179 Å². The second kappa shape index (κ2) is 9.70. The summed E-state index contributed by atoms with van der Waals surface area (Å²) < 4.78 is 11.4. The van der Waals surface area contributed by atoms with Crippen LogP contribution in [-0.2, 0) is 9.57 Å². The van der Waals surface area contributed by atoms with E-state index in [1.165, 1.54) is 0 Å². The molecule has 3 rings (SSSR count). The van der Waals surface area contributed by atoms with Gasteiger partial charge in [-0.05, 0) is 38.8 Å². The van der Waals surface area contributed by atoms with Crippen LogP contribution in [0.5, 0.6) is 5.88 Å². The third kappa shape index (κ3) is 6.11. The maximum atomic E-state index is 12.7. The Morgan fingerprint density at radius 3 is 2.94 bits per heavy atom. The number of ether oxygens (including phenoxy) is 2. The number of hydroxylamine groups is 1. The van der Waals surface area contributed by atoms with Crippen molar-refractivity contribution in [3.05, 3.63) is 35.4 Å². The summed E-state index contributed by atoms with van der Waals surface area (Å²) in [5, 5.41) is 18.9. The van der Waals surface area contributed by atoms with Gasteiger partial charge in [0.2, 0.25) is 5.88 Å². The van der Waals surface area contributed by atoms with Crippen LogP contribution in [0.1, 0.15) is 42.6 Å². The van der Waals surface area contributed by atoms with E-state index in [9.17, 15) is 9.90 Å². The Morgan fingerprint density at radius 2 is 2.26 bits per heavy atom. The molecule has 0 radical (unpaired) electrons. The Kier molecular flexibility index (Phi) is 7.02. The lowest BCUT2D eigenvalue weighted by Gasteiger charge is -2.24. The SMILES string of the molecule is CC(C)(O)CONC(=O)c1c(N)nc(-c2cccc(C#N)c2)nc1O[C@H]1CCCOC1. The summed E-state index contributed by atoms with van der Waals surface area (Å²) in [6.07, 6.45) is 1.25. The van der Waals surface area contributed by atoms with Gasteiger partial charge in [0.1, 0.15) is 24.1 Å². The smallest absolute Gasteiger partial charge is 0.284 e. The van der Waals surface area contributed by atoms with Crippen molar-refractivity contribution in [3.8, 4) is 23.3 Å². The number of carbonyl (C=O) groups is 1. The lowest BCUT2D eigenvalue weighted by Crippen LogP contribution is -2.35. The lowest BCUT2D eigenvalue weighted by molar-refractivity contribution is -0.0524. The minimum absolute atomic E-state index is 0.00952. The summed E-state index contributed by atoms with van der Waals surface area (Å²) in [7, 11) is 0. The van der Waals surface area contributed by atoms with Crippen molar-refractivity contribution in [1.29, 1.82) is 5.26 Å². The monoisotopic (exact) mass is 427 g/mol. The molecule has 0 spiro atoms. The van der Waals surface area contributed by atoms with E-state index >= 15 is 0 Å². The molecular formula is C21H25N5O5. The molecule has 0 saturated carbocycles. The molecule has 1 aliphatic heterocycles. The Balaban J connectivity index is 1.94. The van der Waals surface area contributed by atoms with Gasteiger partial charge in [-0.25, -0.2) is 10.5 Å². The summed E-state index contributed by atoms with van der Waals surface area (Å²) in [5.41, 5.74) is 8.11. The van der Waals surface area contributed by atoms with Crippen LogP contribution in [0.3, 0.4) is 0 Å². The second-order valence-corrected chi connectivity index (χ2v) is 7.79. The van der Waals surface area contributed by atoms with Crippen LogP contribution in [0.15, 0.2) is 24.3 Å². The van der Waals surface area contributed by atoms with E-state index in [1.54, 1.807) is 38.1 Å². The first-order valence-electron chi connectivity index (χ1n) is 9.84. The molecule has 1 aliphatic rings. The number of rotatable bonds is 7. The Hall–Kier alpha value is -3.26. The summed E-state index contributed by atoms with van der Waals surface area (Å²) in [4.78, 5) is 26.5. The van der Waals surface area contributed by atoms with Crippen molar-refractivity contribution in [3.63, 3.8) is 0 Å². The van der Waals surface area contributed by atoms with Crippen LogP contribution in [0.2, 0.25) is 0 Å². The topological polar surface area (TPSA) is 153 Å². The van der Waals surface area contributed by atoms with Gasteiger partial charge in [0, 0.05) is 12.2 Å². The molecule has 1 fully saturated rings. The molecule has 1 saturated heterocycles. The van der Waals surface area contributed by atoms with Crippen molar-refractivity contribution in [2.75, 3.05) is 25.6 Å². The molecule has 0 bridgehead atoms. The van der Waals surface area contributed by atoms with Gasteiger partial charge in [0.05, 0.1) is 23.8 Å². The Bertz CT molecular complexity index is 977. The molecule has 1 amide bonds. The molecule has 164 valence electrons. The number of anilines is 1. The maximum absolute atomic E-state index is 12.7. The number of aliphatic hydroxyl groups is 1. The number of amides is 1. The van der Waals surface area contributed by atoms with Crippen molar-refractivity contribution < 1.29 is 24.2 Å². The molecule has 0 aliphatic carbocycles.